The van der Waals surface area contributed by atoms with Gasteiger partial charge in [-0.15, -0.1) is 0 Å². The van der Waals surface area contributed by atoms with Crippen LogP contribution in [0.4, 0.5) is 11.5 Å². The van der Waals surface area contributed by atoms with Gasteiger partial charge in [-0.3, -0.25) is 0 Å². The molecule has 0 aliphatic carbocycles. The van der Waals surface area contributed by atoms with Crippen LogP contribution in [0.1, 0.15) is 16.7 Å². The van der Waals surface area contributed by atoms with Crippen molar-refractivity contribution >= 4 is 11.5 Å². The summed E-state index contributed by atoms with van der Waals surface area (Å²) in [5.41, 5.74) is 9.57. The van der Waals surface area contributed by atoms with Crippen molar-refractivity contribution in [3.63, 3.8) is 0 Å². The molecular weight excluding hydrogens is 248 g/mol. The van der Waals surface area contributed by atoms with E-state index in [0.29, 0.717) is 11.3 Å². The highest BCUT2D eigenvalue weighted by atomic mass is 15.2. The zero-order valence-electron chi connectivity index (χ0n) is 11.2. The minimum Gasteiger partial charge on any atom is -0.397 e. The lowest BCUT2D eigenvalue weighted by Gasteiger charge is -2.22. The smallest absolute Gasteiger partial charge is 0.146 e. The summed E-state index contributed by atoms with van der Waals surface area (Å²) < 4.78 is 0. The van der Waals surface area contributed by atoms with E-state index < -0.39 is 0 Å². The molecule has 0 saturated heterocycles. The summed E-state index contributed by atoms with van der Waals surface area (Å²) in [5, 5.41) is 9.25. The monoisotopic (exact) mass is 264 g/mol. The summed E-state index contributed by atoms with van der Waals surface area (Å²) in [6, 6.07) is 12.4. The van der Waals surface area contributed by atoms with Crippen molar-refractivity contribution in [3.8, 4) is 6.07 Å². The number of fused-ring (bicyclic) bond motifs is 1. The minimum absolute atomic E-state index is 0.531. The number of benzene rings is 1. The lowest BCUT2D eigenvalue weighted by molar-refractivity contribution is 0.789. The Balaban J connectivity index is 1.89. The van der Waals surface area contributed by atoms with Gasteiger partial charge in [-0.25, -0.2) is 4.98 Å². The van der Waals surface area contributed by atoms with Crippen LogP contribution < -0.4 is 10.6 Å². The van der Waals surface area contributed by atoms with E-state index in [9.17, 15) is 5.26 Å². The quantitative estimate of drug-likeness (QED) is 0.857. The number of nitrogens with zero attached hydrogens (tertiary/aromatic N) is 3. The predicted molar refractivity (Wildman–Crippen MR) is 79.4 cm³/mol. The van der Waals surface area contributed by atoms with Crippen molar-refractivity contribution in [2.45, 2.75) is 12.8 Å². The molecule has 1 aromatic heterocycles. The van der Waals surface area contributed by atoms with Gasteiger partial charge in [-0.1, -0.05) is 24.3 Å². The molecule has 20 heavy (non-hydrogen) atoms. The predicted octanol–water partition coefficient (Wildman–Crippen LogP) is 2.14. The Morgan fingerprint density at radius 3 is 2.40 bits per heavy atom. The third kappa shape index (κ3) is 2.30. The topological polar surface area (TPSA) is 65.9 Å². The van der Waals surface area contributed by atoms with Crippen LogP contribution in [-0.4, -0.2) is 18.1 Å². The third-order valence-corrected chi connectivity index (χ3v) is 3.73. The van der Waals surface area contributed by atoms with E-state index in [-0.39, 0.29) is 0 Å². The molecule has 0 fully saturated rings. The van der Waals surface area contributed by atoms with Crippen molar-refractivity contribution < 1.29 is 0 Å². The molecule has 0 spiro atoms. The maximum atomic E-state index is 9.25. The summed E-state index contributed by atoms with van der Waals surface area (Å²) >= 11 is 0. The van der Waals surface area contributed by atoms with Gasteiger partial charge in [0.05, 0.1) is 17.4 Å². The molecule has 1 aliphatic rings. The van der Waals surface area contributed by atoms with Crippen LogP contribution in [0.15, 0.2) is 36.5 Å². The lowest BCUT2D eigenvalue weighted by atomic mass is 10.0. The van der Waals surface area contributed by atoms with Crippen molar-refractivity contribution in [2.24, 2.45) is 0 Å². The molecule has 0 amide bonds. The Bertz CT molecular complexity index is 645. The van der Waals surface area contributed by atoms with E-state index in [1.165, 1.54) is 11.1 Å². The fourth-order valence-electron chi connectivity index (χ4n) is 2.69. The number of rotatable bonds is 1. The minimum atomic E-state index is 0.531. The molecule has 0 radical (unpaired) electrons. The normalized spacial score (nSPS) is 14.2. The van der Waals surface area contributed by atoms with Gasteiger partial charge in [0.15, 0.2) is 0 Å². The second kappa shape index (κ2) is 5.22. The second-order valence-corrected chi connectivity index (χ2v) is 5.01. The van der Waals surface area contributed by atoms with E-state index in [1.54, 1.807) is 12.3 Å². The number of nitrogen functional groups attached to an aromatic ring is 1. The Labute approximate surface area is 118 Å². The molecule has 0 saturated carbocycles. The standard InChI is InChI=1S/C16H16N4/c17-10-14-9-15(18)11-19-16(14)20-7-5-12-3-1-2-4-13(12)6-8-20/h1-4,9,11H,5-8,18H2. The summed E-state index contributed by atoms with van der Waals surface area (Å²) in [6.07, 6.45) is 3.58. The summed E-state index contributed by atoms with van der Waals surface area (Å²) in [5.74, 6) is 0.745. The molecular formula is C16H16N4. The number of anilines is 2. The average Bonchev–Trinajstić information content (AvgIpc) is 2.70. The Kier molecular flexibility index (Phi) is 3.26. The van der Waals surface area contributed by atoms with Crippen LogP contribution >= 0.6 is 0 Å². The molecule has 0 bridgehead atoms. The van der Waals surface area contributed by atoms with Gasteiger partial charge in [-0.05, 0) is 30.0 Å². The first-order valence-corrected chi connectivity index (χ1v) is 6.75. The van der Waals surface area contributed by atoms with Crippen molar-refractivity contribution in [2.75, 3.05) is 23.7 Å². The van der Waals surface area contributed by atoms with E-state index >= 15 is 0 Å². The molecule has 2 N–H and O–H groups in total. The van der Waals surface area contributed by atoms with Crippen LogP contribution in [0.5, 0.6) is 0 Å². The molecule has 1 aliphatic heterocycles. The molecule has 2 heterocycles. The van der Waals surface area contributed by atoms with Crippen LogP contribution in [0.2, 0.25) is 0 Å². The van der Waals surface area contributed by atoms with Crippen molar-refractivity contribution in [1.82, 2.24) is 4.98 Å². The first kappa shape index (κ1) is 12.5. The Morgan fingerprint density at radius 1 is 1.15 bits per heavy atom. The van der Waals surface area contributed by atoms with Gasteiger partial charge in [-0.2, -0.15) is 5.26 Å². The molecule has 1 aromatic carbocycles. The summed E-state index contributed by atoms with van der Waals surface area (Å²) in [6.45, 7) is 1.76. The first-order valence-electron chi connectivity index (χ1n) is 6.75. The number of nitriles is 1. The van der Waals surface area contributed by atoms with E-state index in [0.717, 1.165) is 31.7 Å². The second-order valence-electron chi connectivity index (χ2n) is 5.01. The van der Waals surface area contributed by atoms with Crippen molar-refractivity contribution in [1.29, 1.82) is 5.26 Å². The van der Waals surface area contributed by atoms with Gasteiger partial charge < -0.3 is 10.6 Å². The molecule has 4 nitrogen and oxygen atoms in total. The molecule has 3 rings (SSSR count). The Hall–Kier alpha value is -2.54. The largest absolute Gasteiger partial charge is 0.397 e. The van der Waals surface area contributed by atoms with Gasteiger partial charge >= 0.3 is 0 Å². The van der Waals surface area contributed by atoms with E-state index in [2.05, 4.69) is 40.2 Å². The molecule has 0 unspecified atom stereocenters. The lowest BCUT2D eigenvalue weighted by Crippen LogP contribution is -2.27. The highest BCUT2D eigenvalue weighted by Gasteiger charge is 2.17. The molecule has 0 atom stereocenters. The summed E-state index contributed by atoms with van der Waals surface area (Å²) in [7, 11) is 0. The van der Waals surface area contributed by atoms with E-state index in [1.807, 2.05) is 0 Å². The van der Waals surface area contributed by atoms with E-state index in [4.69, 9.17) is 5.73 Å². The zero-order valence-corrected chi connectivity index (χ0v) is 11.2. The number of hydrogen-bond donors (Lipinski definition) is 1. The highest BCUT2D eigenvalue weighted by molar-refractivity contribution is 5.59. The number of pyridine rings is 1. The van der Waals surface area contributed by atoms with Gasteiger partial charge in [0.25, 0.3) is 0 Å². The maximum absolute atomic E-state index is 9.25. The molecule has 4 heteroatoms. The van der Waals surface area contributed by atoms with Crippen LogP contribution in [0.25, 0.3) is 0 Å². The first-order chi connectivity index (χ1) is 9.78. The number of aromatic nitrogens is 1. The molecule has 100 valence electrons. The van der Waals surface area contributed by atoms with Crippen LogP contribution in [-0.2, 0) is 12.8 Å². The van der Waals surface area contributed by atoms with Crippen molar-refractivity contribution in [3.05, 3.63) is 53.2 Å². The summed E-state index contributed by atoms with van der Waals surface area (Å²) in [4.78, 5) is 6.53. The number of hydrogen-bond acceptors (Lipinski definition) is 4. The van der Waals surface area contributed by atoms with Gasteiger partial charge in [0.1, 0.15) is 11.9 Å². The highest BCUT2D eigenvalue weighted by Crippen LogP contribution is 2.23. The van der Waals surface area contributed by atoms with Gasteiger partial charge in [0.2, 0.25) is 0 Å². The zero-order chi connectivity index (χ0) is 13.9. The van der Waals surface area contributed by atoms with Crippen LogP contribution in [0, 0.1) is 11.3 Å². The fourth-order valence-corrected chi connectivity index (χ4v) is 2.69. The van der Waals surface area contributed by atoms with Gasteiger partial charge in [0, 0.05) is 13.1 Å². The Morgan fingerprint density at radius 2 is 1.80 bits per heavy atom. The number of nitrogens with two attached hydrogens (primary N) is 1. The molecule has 2 aromatic rings. The average molecular weight is 264 g/mol. The fraction of sp³-hybridized carbons (Fsp3) is 0.250. The maximum Gasteiger partial charge on any atom is 0.146 e. The SMILES string of the molecule is N#Cc1cc(N)cnc1N1CCc2ccccc2CC1. The third-order valence-electron chi connectivity index (χ3n) is 3.73. The van der Waals surface area contributed by atoms with Crippen LogP contribution in [0.3, 0.4) is 0 Å².